The molecule has 106 valence electrons. The van der Waals surface area contributed by atoms with Crippen molar-refractivity contribution >= 4 is 17.9 Å². The molecule has 21 heavy (non-hydrogen) atoms. The topological polar surface area (TPSA) is 76.2 Å². The summed E-state index contributed by atoms with van der Waals surface area (Å²) in [6, 6.07) is 16.2. The highest BCUT2D eigenvalue weighted by Crippen LogP contribution is 2.19. The normalized spacial score (nSPS) is 11.0. The van der Waals surface area contributed by atoms with Crippen molar-refractivity contribution in [1.82, 2.24) is 0 Å². The SMILES string of the molecule is CC(=Cc1ccccc1)C(=O)Oc1ccccc1C(=N)N. The molecule has 0 saturated heterocycles. The van der Waals surface area contributed by atoms with Crippen molar-refractivity contribution in [2.75, 3.05) is 0 Å². The Morgan fingerprint density at radius 3 is 2.38 bits per heavy atom. The summed E-state index contributed by atoms with van der Waals surface area (Å²) >= 11 is 0. The average molecular weight is 280 g/mol. The van der Waals surface area contributed by atoms with Gasteiger partial charge in [0.25, 0.3) is 0 Å². The summed E-state index contributed by atoms with van der Waals surface area (Å²) in [6.07, 6.45) is 1.75. The number of nitrogens with two attached hydrogens (primary N) is 1. The third-order valence-electron chi connectivity index (χ3n) is 2.88. The monoisotopic (exact) mass is 280 g/mol. The van der Waals surface area contributed by atoms with Gasteiger partial charge in [-0.1, -0.05) is 42.5 Å². The van der Waals surface area contributed by atoms with E-state index in [0.717, 1.165) is 5.56 Å². The van der Waals surface area contributed by atoms with Gasteiger partial charge < -0.3 is 10.5 Å². The van der Waals surface area contributed by atoms with E-state index in [9.17, 15) is 4.79 Å². The number of ether oxygens (including phenoxy) is 1. The molecule has 2 aromatic carbocycles. The Labute approximate surface area is 123 Å². The first kappa shape index (κ1) is 14.5. The molecule has 2 rings (SSSR count). The highest BCUT2D eigenvalue weighted by atomic mass is 16.5. The first-order chi connectivity index (χ1) is 10.1. The van der Waals surface area contributed by atoms with E-state index < -0.39 is 5.97 Å². The highest BCUT2D eigenvalue weighted by molar-refractivity contribution is 6.00. The molecule has 0 aliphatic heterocycles. The fourth-order valence-corrected chi connectivity index (χ4v) is 1.82. The van der Waals surface area contributed by atoms with Crippen molar-refractivity contribution in [1.29, 1.82) is 5.41 Å². The second kappa shape index (κ2) is 6.52. The van der Waals surface area contributed by atoms with Crippen LogP contribution in [0.3, 0.4) is 0 Å². The number of nitrogen functional groups attached to an aromatic ring is 1. The lowest BCUT2D eigenvalue weighted by Crippen LogP contribution is -2.16. The van der Waals surface area contributed by atoms with Gasteiger partial charge in [-0.15, -0.1) is 0 Å². The molecule has 0 unspecified atom stereocenters. The van der Waals surface area contributed by atoms with Gasteiger partial charge in [-0.25, -0.2) is 4.79 Å². The van der Waals surface area contributed by atoms with Crippen molar-refractivity contribution < 1.29 is 9.53 Å². The number of hydrogen-bond acceptors (Lipinski definition) is 3. The van der Waals surface area contributed by atoms with Crippen LogP contribution in [0.1, 0.15) is 18.1 Å². The molecule has 0 bridgehead atoms. The van der Waals surface area contributed by atoms with Gasteiger partial charge in [0.05, 0.1) is 5.56 Å². The Bertz CT molecular complexity index is 691. The van der Waals surface area contributed by atoms with Crippen molar-refractivity contribution in [2.24, 2.45) is 5.73 Å². The van der Waals surface area contributed by atoms with E-state index >= 15 is 0 Å². The zero-order chi connectivity index (χ0) is 15.2. The summed E-state index contributed by atoms with van der Waals surface area (Å²) in [7, 11) is 0. The third-order valence-corrected chi connectivity index (χ3v) is 2.88. The third kappa shape index (κ3) is 3.79. The molecular weight excluding hydrogens is 264 g/mol. The van der Waals surface area contributed by atoms with Crippen molar-refractivity contribution in [2.45, 2.75) is 6.92 Å². The molecule has 0 spiro atoms. The number of carbonyl (C=O) groups is 1. The smallest absolute Gasteiger partial charge is 0.339 e. The lowest BCUT2D eigenvalue weighted by Gasteiger charge is -2.09. The minimum absolute atomic E-state index is 0.136. The Morgan fingerprint density at radius 1 is 1.10 bits per heavy atom. The number of esters is 1. The number of hydrogen-bond donors (Lipinski definition) is 2. The van der Waals surface area contributed by atoms with Crippen LogP contribution < -0.4 is 10.5 Å². The predicted molar refractivity (Wildman–Crippen MR) is 83.2 cm³/mol. The van der Waals surface area contributed by atoms with Gasteiger partial charge in [0.2, 0.25) is 0 Å². The molecule has 0 radical (unpaired) electrons. The van der Waals surface area contributed by atoms with E-state index in [1.807, 2.05) is 30.3 Å². The first-order valence-electron chi connectivity index (χ1n) is 6.47. The van der Waals surface area contributed by atoms with Gasteiger partial charge in [-0.3, -0.25) is 5.41 Å². The van der Waals surface area contributed by atoms with E-state index in [4.69, 9.17) is 15.9 Å². The van der Waals surface area contributed by atoms with Gasteiger partial charge in [0.15, 0.2) is 0 Å². The van der Waals surface area contributed by atoms with Crippen LogP contribution in [0.5, 0.6) is 5.75 Å². The molecule has 0 fully saturated rings. The van der Waals surface area contributed by atoms with Gasteiger partial charge in [0.1, 0.15) is 11.6 Å². The molecule has 3 N–H and O–H groups in total. The Morgan fingerprint density at radius 2 is 1.71 bits per heavy atom. The first-order valence-corrected chi connectivity index (χ1v) is 6.47. The Kier molecular flexibility index (Phi) is 4.51. The maximum atomic E-state index is 12.1. The van der Waals surface area contributed by atoms with Crippen LogP contribution in [0.4, 0.5) is 0 Å². The largest absolute Gasteiger partial charge is 0.422 e. The molecule has 0 aliphatic carbocycles. The van der Waals surface area contributed by atoms with E-state index in [-0.39, 0.29) is 11.6 Å². The van der Waals surface area contributed by atoms with Crippen LogP contribution >= 0.6 is 0 Å². The van der Waals surface area contributed by atoms with Gasteiger partial charge in [-0.2, -0.15) is 0 Å². The second-order valence-corrected chi connectivity index (χ2v) is 4.54. The molecule has 2 aromatic rings. The van der Waals surface area contributed by atoms with E-state index in [1.165, 1.54) is 0 Å². The summed E-state index contributed by atoms with van der Waals surface area (Å²) in [5.41, 5.74) is 7.26. The van der Waals surface area contributed by atoms with E-state index in [0.29, 0.717) is 11.1 Å². The van der Waals surface area contributed by atoms with Gasteiger partial charge in [-0.05, 0) is 30.7 Å². The van der Waals surface area contributed by atoms with E-state index in [2.05, 4.69) is 0 Å². The van der Waals surface area contributed by atoms with Crippen molar-refractivity contribution in [3.8, 4) is 5.75 Å². The minimum atomic E-state index is -0.465. The van der Waals surface area contributed by atoms with Crippen molar-refractivity contribution in [3.63, 3.8) is 0 Å². The maximum Gasteiger partial charge on any atom is 0.339 e. The van der Waals surface area contributed by atoms with Crippen LogP contribution in [0.2, 0.25) is 0 Å². The number of benzene rings is 2. The predicted octanol–water partition coefficient (Wildman–Crippen LogP) is 2.98. The van der Waals surface area contributed by atoms with Crippen LogP contribution in [0, 0.1) is 5.41 Å². The molecular formula is C17H16N2O2. The number of nitrogens with one attached hydrogen (secondary N) is 1. The average Bonchev–Trinajstić information content (AvgIpc) is 2.48. The van der Waals surface area contributed by atoms with Crippen LogP contribution in [0.25, 0.3) is 6.08 Å². The molecule has 4 nitrogen and oxygen atoms in total. The quantitative estimate of drug-likeness (QED) is 0.297. The lowest BCUT2D eigenvalue weighted by atomic mass is 10.1. The summed E-state index contributed by atoms with van der Waals surface area (Å²) in [4.78, 5) is 12.1. The minimum Gasteiger partial charge on any atom is -0.422 e. The maximum absolute atomic E-state index is 12.1. The lowest BCUT2D eigenvalue weighted by molar-refractivity contribution is -0.130. The Balaban J connectivity index is 2.19. The van der Waals surface area contributed by atoms with Gasteiger partial charge in [0, 0.05) is 5.57 Å². The molecule has 0 saturated carbocycles. The zero-order valence-corrected chi connectivity index (χ0v) is 11.7. The van der Waals surface area contributed by atoms with Gasteiger partial charge >= 0.3 is 5.97 Å². The molecule has 0 atom stereocenters. The molecule has 0 amide bonds. The zero-order valence-electron chi connectivity index (χ0n) is 11.7. The fraction of sp³-hybridized carbons (Fsp3) is 0.0588. The van der Waals surface area contributed by atoms with Crippen LogP contribution in [-0.2, 0) is 4.79 Å². The summed E-state index contributed by atoms with van der Waals surface area (Å²) in [5.74, 6) is -0.313. The number of rotatable bonds is 4. The summed E-state index contributed by atoms with van der Waals surface area (Å²) < 4.78 is 5.31. The van der Waals surface area contributed by atoms with Crippen LogP contribution in [0.15, 0.2) is 60.2 Å². The number of carbonyl (C=O) groups excluding carboxylic acids is 1. The fourth-order valence-electron chi connectivity index (χ4n) is 1.82. The molecule has 4 heteroatoms. The number of amidine groups is 1. The number of para-hydroxylation sites is 1. The molecule has 0 aromatic heterocycles. The van der Waals surface area contributed by atoms with E-state index in [1.54, 1.807) is 37.3 Å². The Hall–Kier alpha value is -2.88. The summed E-state index contributed by atoms with van der Waals surface area (Å²) in [5, 5.41) is 7.48. The molecule has 0 aliphatic rings. The highest BCUT2D eigenvalue weighted by Gasteiger charge is 2.12. The van der Waals surface area contributed by atoms with Crippen LogP contribution in [-0.4, -0.2) is 11.8 Å². The second-order valence-electron chi connectivity index (χ2n) is 4.54. The molecule has 0 heterocycles. The summed E-state index contributed by atoms with van der Waals surface area (Å²) in [6.45, 7) is 1.69. The standard InChI is InChI=1S/C17H16N2O2/c1-12(11-13-7-3-2-4-8-13)17(20)21-15-10-6-5-9-14(15)16(18)19/h2-11H,1H3,(H3,18,19). The van der Waals surface area contributed by atoms with Crippen molar-refractivity contribution in [3.05, 3.63) is 71.3 Å².